The number of nitrogens with zero attached hydrogens (tertiary/aromatic N) is 20. The summed E-state index contributed by atoms with van der Waals surface area (Å²) in [7, 11) is 0. The Morgan fingerprint density at radius 1 is 0.333 bits per heavy atom. The molecule has 15 aromatic rings. The molecule has 8 fully saturated rings. The fourth-order valence-corrected chi connectivity index (χ4v) is 27.2. The van der Waals surface area contributed by atoms with Crippen LogP contribution in [0.5, 0.6) is 0 Å². The zero-order valence-electron chi connectivity index (χ0n) is 77.7. The Morgan fingerprint density at radius 3 is 0.865 bits per heavy atom. The van der Waals surface area contributed by atoms with Crippen molar-refractivity contribution >= 4 is 232 Å². The van der Waals surface area contributed by atoms with Gasteiger partial charge < -0.3 is 62.6 Å². The molecule has 1 saturated carbocycles. The van der Waals surface area contributed by atoms with E-state index in [0.29, 0.717) is 68.3 Å². The molecule has 23 rings (SSSR count). The van der Waals surface area contributed by atoms with Crippen molar-refractivity contribution < 1.29 is 9.47 Å². The van der Waals surface area contributed by atoms with Crippen LogP contribution in [0.3, 0.4) is 0 Å². The number of aromatic nitrogens is 15. The molecule has 740 valence electrons. The Bertz CT molecular complexity index is 6830. The largest absolute Gasteiger partial charge is 0.379 e. The highest BCUT2D eigenvalue weighted by molar-refractivity contribution is 8.00. The van der Waals surface area contributed by atoms with Crippen molar-refractivity contribution in [1.29, 1.82) is 0 Å². The van der Waals surface area contributed by atoms with Crippen molar-refractivity contribution in [1.82, 2.24) is 73.0 Å². The van der Waals surface area contributed by atoms with E-state index in [-0.39, 0.29) is 40.0 Å². The zero-order valence-corrected chi connectivity index (χ0v) is 89.3. The van der Waals surface area contributed by atoms with Crippen LogP contribution >= 0.6 is 175 Å². The molecule has 8 aliphatic rings. The first-order chi connectivity index (χ1) is 68.1. The number of halogens is 10. The first-order valence-electron chi connectivity index (χ1n) is 47.0. The molecule has 0 radical (unpaired) electrons. The lowest BCUT2D eigenvalue weighted by Crippen LogP contribution is -2.50. The van der Waals surface area contributed by atoms with Crippen LogP contribution in [0.25, 0.3) is 28.2 Å². The topological polar surface area (TPSA) is 316 Å². The first-order valence-corrected chi connectivity index (χ1v) is 54.9. The van der Waals surface area contributed by atoms with E-state index in [2.05, 4.69) is 156 Å². The molecule has 42 heteroatoms. The van der Waals surface area contributed by atoms with Crippen LogP contribution in [-0.2, 0) is 9.47 Å². The van der Waals surface area contributed by atoms with Gasteiger partial charge >= 0.3 is 0 Å². The highest BCUT2D eigenvalue weighted by Gasteiger charge is 2.49. The maximum Gasteiger partial charge on any atom is 0.171 e. The Morgan fingerprint density at radius 2 is 0.610 bits per heavy atom. The van der Waals surface area contributed by atoms with Crippen LogP contribution in [0.15, 0.2) is 232 Å². The monoisotopic (exact) mass is 2190 g/mol. The van der Waals surface area contributed by atoms with Gasteiger partial charge in [-0.2, -0.15) is 48.1 Å². The number of pyridine rings is 5. The third kappa shape index (κ3) is 21.7. The van der Waals surface area contributed by atoms with Crippen LogP contribution in [0.1, 0.15) is 104 Å². The molecule has 0 bridgehead atoms. The molecule has 3 spiro atoms. The number of hydrogen-bond acceptors (Lipinski definition) is 27. The summed E-state index contributed by atoms with van der Waals surface area (Å²) in [5.41, 5.74) is 36.2. The van der Waals surface area contributed by atoms with E-state index in [1.165, 1.54) is 31.0 Å². The molecular weight excluding hydrogens is 2090 g/mol. The van der Waals surface area contributed by atoms with Gasteiger partial charge in [-0.15, -0.1) is 0 Å². The van der Waals surface area contributed by atoms with Crippen molar-refractivity contribution in [3.63, 3.8) is 0 Å². The quantitative estimate of drug-likeness (QED) is 0.0600. The number of rotatable bonds is 16. The van der Waals surface area contributed by atoms with Crippen molar-refractivity contribution in [2.24, 2.45) is 50.3 Å². The van der Waals surface area contributed by atoms with Gasteiger partial charge in [-0.25, -0.2) is 24.9 Å². The lowest BCUT2D eigenvalue weighted by atomic mass is 9.73. The van der Waals surface area contributed by atoms with Gasteiger partial charge in [0, 0.05) is 124 Å². The van der Waals surface area contributed by atoms with Gasteiger partial charge in [-0.3, -0.25) is 0 Å². The van der Waals surface area contributed by atoms with Crippen LogP contribution < -0.4 is 53.2 Å². The Kier molecular flexibility index (Phi) is 31.8. The molecule has 141 heavy (non-hydrogen) atoms. The molecule has 4 atom stereocenters. The molecule has 10 aromatic heterocycles. The van der Waals surface area contributed by atoms with E-state index in [0.717, 1.165) is 256 Å². The Hall–Kier alpha value is -7.43. The van der Waals surface area contributed by atoms with Gasteiger partial charge in [0.25, 0.3) is 0 Å². The Balaban J connectivity index is 0.000000112. The smallest absolute Gasteiger partial charge is 0.171 e. The van der Waals surface area contributed by atoms with E-state index in [4.69, 9.17) is 154 Å². The SMILES string of the molecule is CC1(CN)CCN(c2ccc(Sc3cccc(Cl)c3Cl)c3ncnn23)CC1.CC1(N)CCN(c2ccc(Sc3cccc(Cl)c3Cl)c3ncnn23)CC1.CC1OCC2(CCN(c3ccc(Sc4cccc(Cl)c4Cl)c4ncnn34)CC2)C1N.NC1CCCC12CCN(c1ccc(Sc3cccc(Cl)c3Cl)c3ncnn13)CC2.NC1COCC12CCN(c1ccc(Sc3cccc(Cl)c3Cl)c3ncnn13)CC2. The number of fused-ring (bicyclic) bond motifs is 5. The maximum atomic E-state index is 6.47. The highest BCUT2D eigenvalue weighted by atomic mass is 35.5. The summed E-state index contributed by atoms with van der Waals surface area (Å²) in [6.45, 7) is 18.9. The van der Waals surface area contributed by atoms with E-state index >= 15 is 0 Å². The summed E-state index contributed by atoms with van der Waals surface area (Å²) in [6, 6.07) is 49.8. The third-order valence-corrected chi connectivity index (χ3v) is 39.2. The molecule has 10 N–H and O–H groups in total. The van der Waals surface area contributed by atoms with Crippen molar-refractivity contribution in [2.45, 2.75) is 183 Å². The summed E-state index contributed by atoms with van der Waals surface area (Å²) >= 11 is 70.3. The number of benzene rings is 5. The third-order valence-electron chi connectivity index (χ3n) is 29.1. The van der Waals surface area contributed by atoms with Crippen molar-refractivity contribution in [2.75, 3.05) is 116 Å². The summed E-state index contributed by atoms with van der Waals surface area (Å²) in [5, 5.41) is 27.9. The molecule has 7 aliphatic heterocycles. The van der Waals surface area contributed by atoms with Gasteiger partial charge in [-0.05, 0) is 230 Å². The molecular formula is C99H107Cl10N25O2S5. The average molecular weight is 2190 g/mol. The van der Waals surface area contributed by atoms with Crippen LogP contribution in [0.4, 0.5) is 29.1 Å². The van der Waals surface area contributed by atoms with Crippen molar-refractivity contribution in [3.8, 4) is 0 Å². The maximum absolute atomic E-state index is 6.47. The minimum atomic E-state index is -0.0862. The standard InChI is InChI=1S/C21H23Cl2N5OS.C21H23Cl2N5S.C20H21Cl2N5OS.C19H21Cl2N5S.C18H19Cl2N5S/c1-13-19(24)21(11-29-13)7-9-27(10-8-21)17-6-5-16(20-25-12-26-28(17)20)30-15-4-2-3-14(22)18(15)23;22-14-3-1-4-15(19(14)23)29-16-6-7-18(28-20(16)25-13-26-28)27-11-9-21(10-12-27)8-2-5-17(21)24;21-13-2-1-3-14(18(13)22)29-15-4-5-17(27-19(15)24-12-25-27)26-8-6-20(7-9-26)11-28-10-16(20)23;1-19(11-22)7-9-25(10-8-19)16-6-5-15(18-23-12-24-26(16)18)27-14-4-2-3-13(20)17(14)21;1-18(21)7-9-24(10-8-18)15-6-5-14(17-22-11-23-25(15)17)26-13-4-2-3-12(19)16(13)20/h2-6,12-13,19H,7-11,24H2,1H3;1,3-4,6-7,13,17H,2,5,8-12,24H2;1-5,12,16H,6-11,23H2;2-6,12H,7-11,22H2,1H3;2-6,11H,7-10,21H2,1H3. The number of anilines is 5. The van der Waals surface area contributed by atoms with E-state index in [1.807, 2.05) is 83.2 Å². The lowest BCUT2D eigenvalue weighted by Gasteiger charge is -2.42. The van der Waals surface area contributed by atoms with Gasteiger partial charge in [0.15, 0.2) is 28.2 Å². The minimum Gasteiger partial charge on any atom is -0.379 e. The summed E-state index contributed by atoms with van der Waals surface area (Å²) < 4.78 is 21.0. The van der Waals surface area contributed by atoms with Crippen LogP contribution in [0, 0.1) is 21.7 Å². The molecule has 27 nitrogen and oxygen atoms in total. The van der Waals surface area contributed by atoms with E-state index < -0.39 is 0 Å². The normalized spacial score (nSPS) is 20.1. The number of piperidine rings is 5. The van der Waals surface area contributed by atoms with E-state index in [9.17, 15) is 0 Å². The minimum absolute atomic E-state index is 0.0862. The van der Waals surface area contributed by atoms with Crippen molar-refractivity contribution in [3.05, 3.63) is 234 Å². The van der Waals surface area contributed by atoms with Crippen LogP contribution in [0.2, 0.25) is 50.2 Å². The Labute approximate surface area is 889 Å². The molecule has 4 unspecified atom stereocenters. The molecule has 17 heterocycles. The second-order valence-electron chi connectivity index (χ2n) is 37.9. The number of ether oxygens (including phenoxy) is 2. The highest BCUT2D eigenvalue weighted by Crippen LogP contribution is 2.51. The second-order valence-corrected chi connectivity index (χ2v) is 47.2. The summed E-state index contributed by atoms with van der Waals surface area (Å²) in [6.07, 6.45) is 22.3. The fraction of sp³-hybridized carbons (Fsp3) is 0.394. The average Bonchev–Trinajstić information content (AvgIpc) is 1.67. The number of hydrogen-bond donors (Lipinski definition) is 5. The first kappa shape index (κ1) is 102. The lowest BCUT2D eigenvalue weighted by molar-refractivity contribution is 0.0974. The molecule has 7 saturated heterocycles. The predicted octanol–water partition coefficient (Wildman–Crippen LogP) is 23.2. The van der Waals surface area contributed by atoms with Gasteiger partial charge in [0.05, 0.1) is 101 Å². The van der Waals surface area contributed by atoms with Gasteiger partial charge in [-0.1, -0.05) is 218 Å². The van der Waals surface area contributed by atoms with E-state index in [1.54, 1.807) is 109 Å². The van der Waals surface area contributed by atoms with Gasteiger partial charge in [0.2, 0.25) is 0 Å². The molecule has 0 amide bonds. The zero-order chi connectivity index (χ0) is 98.2. The molecule has 5 aromatic carbocycles. The number of nitrogens with two attached hydrogens (primary N) is 5. The van der Waals surface area contributed by atoms with Crippen LogP contribution in [-0.4, -0.2) is 195 Å². The summed E-state index contributed by atoms with van der Waals surface area (Å²) in [4.78, 5) is 43.7. The molecule has 1 aliphatic carbocycles. The fourth-order valence-electron chi connectivity index (χ4n) is 20.1. The predicted molar refractivity (Wildman–Crippen MR) is 576 cm³/mol. The second kappa shape index (κ2) is 43.9. The summed E-state index contributed by atoms with van der Waals surface area (Å²) in [5.74, 6) is 5.26. The van der Waals surface area contributed by atoms with Gasteiger partial charge in [0.1, 0.15) is 60.7 Å².